The highest BCUT2D eigenvalue weighted by molar-refractivity contribution is 7.15. The Bertz CT molecular complexity index is 837. The van der Waals surface area contributed by atoms with Crippen LogP contribution in [0.4, 0.5) is 5.13 Å². The lowest BCUT2D eigenvalue weighted by Crippen LogP contribution is -2.14. The van der Waals surface area contributed by atoms with Crippen molar-refractivity contribution >= 4 is 33.3 Å². The summed E-state index contributed by atoms with van der Waals surface area (Å²) in [6, 6.07) is 3.95. The van der Waals surface area contributed by atoms with Crippen LogP contribution in [0.2, 0.25) is 0 Å². The third-order valence-corrected chi connectivity index (χ3v) is 4.49. The van der Waals surface area contributed by atoms with Gasteiger partial charge in [-0.15, -0.1) is 10.2 Å². The predicted molar refractivity (Wildman–Crippen MR) is 85.1 cm³/mol. The molecule has 0 fully saturated rings. The zero-order valence-corrected chi connectivity index (χ0v) is 13.5. The van der Waals surface area contributed by atoms with Crippen LogP contribution < -0.4 is 5.32 Å². The molecular weight excluding hydrogens is 300 g/mol. The number of carbonyl (C=O) groups is 1. The number of nitrogens with one attached hydrogen (secondary N) is 1. The zero-order valence-electron chi connectivity index (χ0n) is 12.6. The third kappa shape index (κ3) is 2.85. The monoisotopic (exact) mass is 316 g/mol. The normalized spacial score (nSPS) is 11.0. The highest BCUT2D eigenvalue weighted by atomic mass is 32.1. The Hall–Kier alpha value is -2.28. The maximum Gasteiger partial charge on any atom is 0.232 e. The van der Waals surface area contributed by atoms with Crippen LogP contribution in [0, 0.1) is 13.8 Å². The molecule has 1 amide bonds. The molecule has 0 unspecified atom stereocenters. The number of hydrogen-bond donors (Lipinski definition) is 1. The summed E-state index contributed by atoms with van der Waals surface area (Å²) in [7, 11) is 0. The molecule has 0 aliphatic rings. The fraction of sp³-hybridized carbons (Fsp3) is 0.333. The Kier molecular flexibility index (Phi) is 3.89. The van der Waals surface area contributed by atoms with Crippen LogP contribution in [-0.2, 0) is 17.6 Å². The van der Waals surface area contributed by atoms with Gasteiger partial charge in [-0.1, -0.05) is 23.4 Å². The van der Waals surface area contributed by atoms with Gasteiger partial charge in [0.15, 0.2) is 5.58 Å². The van der Waals surface area contributed by atoms with E-state index in [-0.39, 0.29) is 12.3 Å². The molecule has 2 aromatic heterocycles. The number of rotatable bonds is 4. The van der Waals surface area contributed by atoms with Crippen LogP contribution in [0.15, 0.2) is 16.7 Å². The number of nitrogens with zero attached hydrogens (tertiary/aromatic N) is 3. The fourth-order valence-corrected chi connectivity index (χ4v) is 2.83. The van der Waals surface area contributed by atoms with E-state index in [0.717, 1.165) is 27.9 Å². The van der Waals surface area contributed by atoms with E-state index in [1.54, 1.807) is 0 Å². The second kappa shape index (κ2) is 5.84. The topological polar surface area (TPSA) is 80.9 Å². The quantitative estimate of drug-likeness (QED) is 0.800. The first-order chi connectivity index (χ1) is 10.6. The molecule has 0 bridgehead atoms. The van der Waals surface area contributed by atoms with Crippen molar-refractivity contribution in [2.45, 2.75) is 33.6 Å². The highest BCUT2D eigenvalue weighted by Gasteiger charge is 2.15. The molecule has 0 radical (unpaired) electrons. The van der Waals surface area contributed by atoms with E-state index in [9.17, 15) is 4.79 Å². The SMILES string of the molecule is CCc1nnc(NC(=O)Cc2noc3cc(C)c(C)cc23)s1. The number of anilines is 1. The largest absolute Gasteiger partial charge is 0.356 e. The summed E-state index contributed by atoms with van der Waals surface area (Å²) < 4.78 is 5.30. The number of benzene rings is 1. The van der Waals surface area contributed by atoms with Gasteiger partial charge in [0.25, 0.3) is 0 Å². The van der Waals surface area contributed by atoms with Gasteiger partial charge < -0.3 is 9.84 Å². The van der Waals surface area contributed by atoms with Crippen LogP contribution in [-0.4, -0.2) is 21.3 Å². The molecule has 22 heavy (non-hydrogen) atoms. The molecule has 0 aliphatic heterocycles. The standard InChI is InChI=1S/C15H16N4O2S/c1-4-14-17-18-15(22-14)16-13(20)7-11-10-5-8(2)9(3)6-12(10)21-19-11/h5-6H,4,7H2,1-3H3,(H,16,18,20). The van der Waals surface area contributed by atoms with Gasteiger partial charge in [-0.05, 0) is 43.5 Å². The minimum atomic E-state index is -0.174. The van der Waals surface area contributed by atoms with Gasteiger partial charge in [0.1, 0.15) is 10.7 Å². The van der Waals surface area contributed by atoms with Crippen LogP contribution in [0.5, 0.6) is 0 Å². The van der Waals surface area contributed by atoms with E-state index in [1.807, 2.05) is 32.9 Å². The van der Waals surface area contributed by atoms with Gasteiger partial charge in [0.05, 0.1) is 6.42 Å². The van der Waals surface area contributed by atoms with E-state index in [0.29, 0.717) is 16.4 Å². The van der Waals surface area contributed by atoms with Gasteiger partial charge in [-0.25, -0.2) is 0 Å². The van der Waals surface area contributed by atoms with Gasteiger partial charge >= 0.3 is 0 Å². The first-order valence-electron chi connectivity index (χ1n) is 7.04. The van der Waals surface area contributed by atoms with Crippen LogP contribution in [0.3, 0.4) is 0 Å². The fourth-order valence-electron chi connectivity index (χ4n) is 2.13. The summed E-state index contributed by atoms with van der Waals surface area (Å²) in [6.45, 7) is 6.04. The Balaban J connectivity index is 1.77. The average molecular weight is 316 g/mol. The predicted octanol–water partition coefficient (Wildman–Crippen LogP) is 3.04. The number of fused-ring (bicyclic) bond motifs is 1. The molecule has 0 atom stereocenters. The molecule has 1 aromatic carbocycles. The summed E-state index contributed by atoms with van der Waals surface area (Å²) in [5, 5.41) is 17.0. The molecule has 0 spiro atoms. The molecule has 3 rings (SSSR count). The van der Waals surface area contributed by atoms with Crippen molar-refractivity contribution in [3.63, 3.8) is 0 Å². The Morgan fingerprint density at radius 3 is 2.77 bits per heavy atom. The molecular formula is C15H16N4O2S. The Labute approximate surface area is 131 Å². The van der Waals surface area contributed by atoms with Crippen LogP contribution in [0.1, 0.15) is 28.8 Å². The minimum absolute atomic E-state index is 0.149. The van der Waals surface area contributed by atoms with Crippen molar-refractivity contribution in [2.24, 2.45) is 0 Å². The second-order valence-electron chi connectivity index (χ2n) is 5.14. The molecule has 2 heterocycles. The Morgan fingerprint density at radius 1 is 1.27 bits per heavy atom. The van der Waals surface area contributed by atoms with Crippen molar-refractivity contribution in [3.8, 4) is 0 Å². The van der Waals surface area contributed by atoms with E-state index in [2.05, 4.69) is 20.7 Å². The summed E-state index contributed by atoms with van der Waals surface area (Å²) >= 11 is 1.38. The first-order valence-corrected chi connectivity index (χ1v) is 7.86. The molecule has 3 aromatic rings. The van der Waals surface area contributed by atoms with Gasteiger partial charge in [-0.2, -0.15) is 0 Å². The molecule has 1 N–H and O–H groups in total. The van der Waals surface area contributed by atoms with Crippen molar-refractivity contribution in [2.75, 3.05) is 5.32 Å². The lowest BCUT2D eigenvalue weighted by molar-refractivity contribution is -0.115. The van der Waals surface area contributed by atoms with E-state index >= 15 is 0 Å². The lowest BCUT2D eigenvalue weighted by Gasteiger charge is -2.00. The summed E-state index contributed by atoms with van der Waals surface area (Å²) in [4.78, 5) is 12.1. The smallest absolute Gasteiger partial charge is 0.232 e. The lowest BCUT2D eigenvalue weighted by atomic mass is 10.1. The maximum atomic E-state index is 12.1. The van der Waals surface area contributed by atoms with Crippen LogP contribution >= 0.6 is 11.3 Å². The molecule has 0 aliphatic carbocycles. The average Bonchev–Trinajstić information content (AvgIpc) is 3.08. The number of aryl methyl sites for hydroxylation is 3. The highest BCUT2D eigenvalue weighted by Crippen LogP contribution is 2.23. The van der Waals surface area contributed by atoms with Crippen molar-refractivity contribution in [1.29, 1.82) is 0 Å². The van der Waals surface area contributed by atoms with E-state index < -0.39 is 0 Å². The maximum absolute atomic E-state index is 12.1. The summed E-state index contributed by atoms with van der Waals surface area (Å²) in [6.07, 6.45) is 0.955. The van der Waals surface area contributed by atoms with Gasteiger partial charge in [-0.3, -0.25) is 4.79 Å². The van der Waals surface area contributed by atoms with Crippen LogP contribution in [0.25, 0.3) is 11.0 Å². The molecule has 114 valence electrons. The number of carbonyl (C=O) groups excluding carboxylic acids is 1. The molecule has 6 nitrogen and oxygen atoms in total. The zero-order chi connectivity index (χ0) is 15.7. The van der Waals surface area contributed by atoms with Crippen molar-refractivity contribution in [3.05, 3.63) is 34.0 Å². The summed E-state index contributed by atoms with van der Waals surface area (Å²) in [5.74, 6) is -0.174. The van der Waals surface area contributed by atoms with Crippen molar-refractivity contribution < 1.29 is 9.32 Å². The number of amides is 1. The number of aromatic nitrogens is 3. The van der Waals surface area contributed by atoms with E-state index in [4.69, 9.17) is 4.52 Å². The van der Waals surface area contributed by atoms with Crippen molar-refractivity contribution in [1.82, 2.24) is 15.4 Å². The molecule has 0 saturated carbocycles. The molecule has 7 heteroatoms. The Morgan fingerprint density at radius 2 is 2.05 bits per heavy atom. The first kappa shape index (κ1) is 14.6. The third-order valence-electron chi connectivity index (χ3n) is 3.50. The van der Waals surface area contributed by atoms with E-state index in [1.165, 1.54) is 11.3 Å². The molecule has 0 saturated heterocycles. The minimum Gasteiger partial charge on any atom is -0.356 e. The van der Waals surface area contributed by atoms with Gasteiger partial charge in [0, 0.05) is 5.39 Å². The second-order valence-corrected chi connectivity index (χ2v) is 6.20. The van der Waals surface area contributed by atoms with Gasteiger partial charge in [0.2, 0.25) is 11.0 Å². The summed E-state index contributed by atoms with van der Waals surface area (Å²) in [5.41, 5.74) is 3.63. The number of hydrogen-bond acceptors (Lipinski definition) is 6.